The molecule has 0 fully saturated rings. The molecule has 33 heavy (non-hydrogen) atoms. The Labute approximate surface area is 196 Å². The van der Waals surface area contributed by atoms with Crippen LogP contribution in [-0.2, 0) is 10.0 Å². The zero-order valence-electron chi connectivity index (χ0n) is 19.1. The molecule has 0 saturated carbocycles. The van der Waals surface area contributed by atoms with Gasteiger partial charge in [0.15, 0.2) is 0 Å². The van der Waals surface area contributed by atoms with E-state index in [1.165, 1.54) is 6.08 Å². The van der Waals surface area contributed by atoms with E-state index in [2.05, 4.69) is 10.0 Å². The Balaban J connectivity index is 0.00000149. The molecule has 0 radical (unpaired) electrons. The highest BCUT2D eigenvalue weighted by molar-refractivity contribution is 7.89. The molecule has 0 amide bonds. The summed E-state index contributed by atoms with van der Waals surface area (Å²) in [4.78, 5) is 0.226. The van der Waals surface area contributed by atoms with E-state index in [9.17, 15) is 8.42 Å². The highest BCUT2D eigenvalue weighted by atomic mass is 32.2. The molecule has 0 heterocycles. The van der Waals surface area contributed by atoms with Crippen LogP contribution in [0.4, 0.5) is 0 Å². The van der Waals surface area contributed by atoms with E-state index in [-0.39, 0.29) is 10.9 Å². The molecule has 5 nitrogen and oxygen atoms in total. The van der Waals surface area contributed by atoms with Crippen LogP contribution in [0.5, 0.6) is 0 Å². The van der Waals surface area contributed by atoms with E-state index < -0.39 is 16.1 Å². The van der Waals surface area contributed by atoms with Crippen LogP contribution in [0.15, 0.2) is 108 Å². The number of rotatable bonds is 7. The van der Waals surface area contributed by atoms with E-state index in [1.54, 1.807) is 36.4 Å². The van der Waals surface area contributed by atoms with Gasteiger partial charge in [-0.25, -0.2) is 13.1 Å². The van der Waals surface area contributed by atoms with Gasteiger partial charge < -0.3 is 10.4 Å². The standard InChI is InChI=1S/C25H24N2O3S.C2H6/c1-2-9-19(12-8-17-28)26-24-21-15-6-10-18-11-7-16-22(23(18)21)25(24)27-31(29,30)20-13-4-3-5-14-20;1-2/h2-17,24-28H,1H3;1-2H3/b9-2-,17-8+,19-12+;. The number of nitrogens with one attached hydrogen (secondary N) is 2. The lowest BCUT2D eigenvalue weighted by Gasteiger charge is -2.25. The molecule has 172 valence electrons. The monoisotopic (exact) mass is 462 g/mol. The van der Waals surface area contributed by atoms with Crippen molar-refractivity contribution >= 4 is 20.8 Å². The number of aliphatic hydroxyl groups excluding tert-OH is 1. The van der Waals surface area contributed by atoms with Crippen molar-refractivity contribution in [2.75, 3.05) is 0 Å². The Morgan fingerprint density at radius 2 is 1.55 bits per heavy atom. The van der Waals surface area contributed by atoms with Gasteiger partial charge in [0.25, 0.3) is 0 Å². The van der Waals surface area contributed by atoms with Gasteiger partial charge in [-0.1, -0.05) is 74.5 Å². The first-order valence-corrected chi connectivity index (χ1v) is 12.5. The minimum atomic E-state index is -3.74. The number of hydrogen-bond acceptors (Lipinski definition) is 4. The zero-order chi connectivity index (χ0) is 23.8. The highest BCUT2D eigenvalue weighted by Crippen LogP contribution is 2.45. The number of hydrogen-bond donors (Lipinski definition) is 3. The lowest BCUT2D eigenvalue weighted by molar-refractivity contribution is 0.471. The van der Waals surface area contributed by atoms with Crippen LogP contribution in [0.3, 0.4) is 0 Å². The summed E-state index contributed by atoms with van der Waals surface area (Å²) in [7, 11) is -3.74. The fraction of sp³-hybridized carbons (Fsp3) is 0.185. The number of sulfonamides is 1. The first-order chi connectivity index (χ1) is 16.0. The molecule has 0 aliphatic heterocycles. The smallest absolute Gasteiger partial charge is 0.241 e. The summed E-state index contributed by atoms with van der Waals surface area (Å²) in [6, 6.07) is 19.6. The summed E-state index contributed by atoms with van der Waals surface area (Å²) in [5.74, 6) is 0. The quantitative estimate of drug-likeness (QED) is 0.294. The minimum absolute atomic E-state index is 0.226. The van der Waals surface area contributed by atoms with Gasteiger partial charge in [-0.3, -0.25) is 0 Å². The zero-order valence-corrected chi connectivity index (χ0v) is 19.9. The fourth-order valence-electron chi connectivity index (χ4n) is 4.06. The summed E-state index contributed by atoms with van der Waals surface area (Å²) in [5, 5.41) is 14.7. The maximum Gasteiger partial charge on any atom is 0.241 e. The van der Waals surface area contributed by atoms with Crippen molar-refractivity contribution in [1.82, 2.24) is 10.0 Å². The molecule has 2 unspecified atom stereocenters. The Kier molecular flexibility index (Phi) is 8.09. The van der Waals surface area contributed by atoms with Crippen molar-refractivity contribution in [3.05, 3.63) is 114 Å². The van der Waals surface area contributed by atoms with E-state index in [0.717, 1.165) is 33.9 Å². The average molecular weight is 463 g/mol. The molecule has 0 aromatic heterocycles. The summed E-state index contributed by atoms with van der Waals surface area (Å²) < 4.78 is 29.3. The summed E-state index contributed by atoms with van der Waals surface area (Å²) in [6.07, 6.45) is 7.99. The number of aliphatic hydroxyl groups is 1. The van der Waals surface area contributed by atoms with Crippen LogP contribution in [0.2, 0.25) is 0 Å². The molecule has 1 aliphatic carbocycles. The highest BCUT2D eigenvalue weighted by Gasteiger charge is 2.37. The molecular formula is C27H30N2O3S. The SMILES string of the molecule is CC.C\C=C/C(=C\C=C\O)NC1c2cccc3cccc(c23)C1NS(=O)(=O)c1ccccc1. The Hall–Kier alpha value is -3.35. The predicted octanol–water partition coefficient (Wildman–Crippen LogP) is 6.06. The summed E-state index contributed by atoms with van der Waals surface area (Å²) >= 11 is 0. The van der Waals surface area contributed by atoms with Crippen LogP contribution in [-0.4, -0.2) is 13.5 Å². The Morgan fingerprint density at radius 3 is 2.15 bits per heavy atom. The van der Waals surface area contributed by atoms with Crippen molar-refractivity contribution in [2.24, 2.45) is 0 Å². The van der Waals surface area contributed by atoms with Gasteiger partial charge in [-0.05, 0) is 59.2 Å². The molecule has 1 aliphatic rings. The molecule has 3 aromatic carbocycles. The van der Waals surface area contributed by atoms with E-state index in [0.29, 0.717) is 0 Å². The van der Waals surface area contributed by atoms with Crippen molar-refractivity contribution in [2.45, 2.75) is 37.8 Å². The molecule has 4 rings (SSSR count). The topological polar surface area (TPSA) is 78.4 Å². The van der Waals surface area contributed by atoms with E-state index in [4.69, 9.17) is 5.11 Å². The van der Waals surface area contributed by atoms with E-state index >= 15 is 0 Å². The molecule has 0 spiro atoms. The second kappa shape index (κ2) is 11.0. The third-order valence-electron chi connectivity index (χ3n) is 5.34. The fourth-order valence-corrected chi connectivity index (χ4v) is 5.31. The van der Waals surface area contributed by atoms with Gasteiger partial charge in [0, 0.05) is 5.70 Å². The lowest BCUT2D eigenvalue weighted by atomic mass is 10.0. The number of allylic oxidation sites excluding steroid dienone is 4. The second-order valence-electron chi connectivity index (χ2n) is 7.29. The van der Waals surface area contributed by atoms with Gasteiger partial charge >= 0.3 is 0 Å². The predicted molar refractivity (Wildman–Crippen MR) is 135 cm³/mol. The molecule has 6 heteroatoms. The van der Waals surface area contributed by atoms with Gasteiger partial charge in [-0.2, -0.15) is 0 Å². The van der Waals surface area contributed by atoms with Crippen LogP contribution >= 0.6 is 0 Å². The van der Waals surface area contributed by atoms with Crippen molar-refractivity contribution in [3.63, 3.8) is 0 Å². The van der Waals surface area contributed by atoms with Crippen LogP contribution < -0.4 is 10.0 Å². The van der Waals surface area contributed by atoms with Crippen molar-refractivity contribution in [3.8, 4) is 0 Å². The van der Waals surface area contributed by atoms with Crippen molar-refractivity contribution < 1.29 is 13.5 Å². The minimum Gasteiger partial charge on any atom is -0.516 e. The molecule has 3 N–H and O–H groups in total. The van der Waals surface area contributed by atoms with E-state index in [1.807, 2.05) is 69.3 Å². The molecule has 3 aromatic rings. The molecular weight excluding hydrogens is 432 g/mol. The van der Waals surface area contributed by atoms with Gasteiger partial charge in [0.05, 0.1) is 23.2 Å². The number of benzene rings is 3. The third-order valence-corrected chi connectivity index (χ3v) is 6.80. The lowest BCUT2D eigenvalue weighted by Crippen LogP contribution is -2.35. The average Bonchev–Trinajstić information content (AvgIpc) is 3.13. The summed E-state index contributed by atoms with van der Waals surface area (Å²) in [5.41, 5.74) is 2.71. The van der Waals surface area contributed by atoms with Gasteiger partial charge in [0.2, 0.25) is 10.0 Å². The third kappa shape index (κ3) is 5.18. The maximum absolute atomic E-state index is 13.2. The first kappa shape index (κ1) is 24.3. The van der Waals surface area contributed by atoms with Crippen LogP contribution in [0.25, 0.3) is 10.8 Å². The second-order valence-corrected chi connectivity index (χ2v) is 9.00. The Bertz CT molecular complexity index is 1270. The molecule has 0 saturated heterocycles. The normalized spacial score (nSPS) is 18.0. The largest absolute Gasteiger partial charge is 0.516 e. The van der Waals surface area contributed by atoms with Gasteiger partial charge in [0.1, 0.15) is 0 Å². The first-order valence-electron chi connectivity index (χ1n) is 11.0. The molecule has 0 bridgehead atoms. The van der Waals surface area contributed by atoms with Gasteiger partial charge in [-0.15, -0.1) is 0 Å². The maximum atomic E-state index is 13.2. The summed E-state index contributed by atoms with van der Waals surface area (Å²) in [6.45, 7) is 5.90. The van der Waals surface area contributed by atoms with Crippen molar-refractivity contribution in [1.29, 1.82) is 0 Å². The van der Waals surface area contributed by atoms with Crippen LogP contribution in [0.1, 0.15) is 44.0 Å². The molecule has 2 atom stereocenters. The Morgan fingerprint density at radius 1 is 0.909 bits per heavy atom. The van der Waals surface area contributed by atoms with Crippen LogP contribution in [0, 0.1) is 0 Å².